The number of aromatic nitrogens is 1. The summed E-state index contributed by atoms with van der Waals surface area (Å²) in [5.74, 6) is 0.0710. The van der Waals surface area contributed by atoms with Crippen molar-refractivity contribution in [1.29, 1.82) is 0 Å². The molecule has 0 unspecified atom stereocenters. The van der Waals surface area contributed by atoms with Gasteiger partial charge in [0.2, 0.25) is 0 Å². The maximum absolute atomic E-state index is 14.4. The highest BCUT2D eigenvalue weighted by Gasteiger charge is 2.21. The van der Waals surface area contributed by atoms with Crippen LogP contribution >= 0.6 is 11.6 Å². The van der Waals surface area contributed by atoms with Gasteiger partial charge in [0, 0.05) is 29.4 Å². The zero-order valence-corrected chi connectivity index (χ0v) is 12.5. The number of hydrogen-bond donors (Lipinski definition) is 1. The summed E-state index contributed by atoms with van der Waals surface area (Å²) in [5.41, 5.74) is 1.44. The summed E-state index contributed by atoms with van der Waals surface area (Å²) in [4.78, 5) is 3.98. The van der Waals surface area contributed by atoms with Gasteiger partial charge in [0.25, 0.3) is 5.88 Å². The predicted molar refractivity (Wildman–Crippen MR) is 80.3 cm³/mol. The first-order valence-electron chi connectivity index (χ1n) is 6.94. The zero-order valence-electron chi connectivity index (χ0n) is 11.7. The first kappa shape index (κ1) is 14.3. The number of nitrogens with zero attached hydrogens (tertiary/aromatic N) is 1. The molecule has 0 saturated heterocycles. The molecular formula is C16H16ClFN2O. The summed E-state index contributed by atoms with van der Waals surface area (Å²) in [6.07, 6.45) is 3.89. The van der Waals surface area contributed by atoms with E-state index in [1.807, 2.05) is 13.0 Å². The predicted octanol–water partition coefficient (Wildman–Crippen LogP) is 4.23. The Hall–Kier alpha value is -1.65. The minimum Gasteiger partial charge on any atom is -0.436 e. The van der Waals surface area contributed by atoms with Gasteiger partial charge in [-0.05, 0) is 43.5 Å². The van der Waals surface area contributed by atoms with Crippen LogP contribution < -0.4 is 10.1 Å². The summed E-state index contributed by atoms with van der Waals surface area (Å²) in [5, 5.41) is 3.82. The minimum absolute atomic E-state index is 0.0181. The van der Waals surface area contributed by atoms with Crippen molar-refractivity contribution in [3.63, 3.8) is 0 Å². The Balaban J connectivity index is 1.80. The standard InChI is InChI=1S/C16H16ClFN2O/c1-10-2-3-12(17)8-14(10)21-16-15(18)11(6-7-19-16)9-20-13-4-5-13/h2-3,6-8,13,20H,4-5,9H2,1H3. The van der Waals surface area contributed by atoms with E-state index < -0.39 is 5.82 Å². The third-order valence-corrected chi connectivity index (χ3v) is 3.69. The van der Waals surface area contributed by atoms with Crippen LogP contribution in [-0.4, -0.2) is 11.0 Å². The second kappa shape index (κ2) is 6.00. The highest BCUT2D eigenvalue weighted by molar-refractivity contribution is 6.30. The summed E-state index contributed by atoms with van der Waals surface area (Å²) in [6, 6.07) is 7.45. The molecule has 0 bridgehead atoms. The van der Waals surface area contributed by atoms with Crippen molar-refractivity contribution in [1.82, 2.24) is 10.3 Å². The number of hydrogen-bond acceptors (Lipinski definition) is 3. The van der Waals surface area contributed by atoms with Crippen molar-refractivity contribution in [2.45, 2.75) is 32.4 Å². The Morgan fingerprint density at radius 1 is 1.38 bits per heavy atom. The van der Waals surface area contributed by atoms with Crippen LogP contribution in [0.5, 0.6) is 11.6 Å². The Morgan fingerprint density at radius 2 is 2.19 bits per heavy atom. The van der Waals surface area contributed by atoms with Crippen LogP contribution in [0.4, 0.5) is 4.39 Å². The molecule has 2 aromatic rings. The monoisotopic (exact) mass is 306 g/mol. The Morgan fingerprint density at radius 3 is 2.95 bits per heavy atom. The average molecular weight is 307 g/mol. The fourth-order valence-corrected chi connectivity index (χ4v) is 2.16. The number of rotatable bonds is 5. The van der Waals surface area contributed by atoms with Gasteiger partial charge in [-0.25, -0.2) is 9.37 Å². The fraction of sp³-hybridized carbons (Fsp3) is 0.312. The number of nitrogens with one attached hydrogen (secondary N) is 1. The highest BCUT2D eigenvalue weighted by atomic mass is 35.5. The summed E-state index contributed by atoms with van der Waals surface area (Å²) < 4.78 is 20.0. The van der Waals surface area contributed by atoms with E-state index in [4.69, 9.17) is 16.3 Å². The van der Waals surface area contributed by atoms with E-state index in [0.29, 0.717) is 28.9 Å². The first-order valence-corrected chi connectivity index (χ1v) is 7.32. The van der Waals surface area contributed by atoms with E-state index in [1.165, 1.54) is 0 Å². The summed E-state index contributed by atoms with van der Waals surface area (Å²) >= 11 is 5.94. The molecule has 0 amide bonds. The van der Waals surface area contributed by atoms with Gasteiger partial charge >= 0.3 is 0 Å². The molecule has 1 aliphatic rings. The van der Waals surface area contributed by atoms with Crippen LogP contribution in [-0.2, 0) is 6.54 Å². The molecule has 0 spiro atoms. The topological polar surface area (TPSA) is 34.1 Å². The molecule has 1 aliphatic carbocycles. The SMILES string of the molecule is Cc1ccc(Cl)cc1Oc1nccc(CNC2CC2)c1F. The number of benzene rings is 1. The lowest BCUT2D eigenvalue weighted by molar-refractivity contribution is 0.415. The summed E-state index contributed by atoms with van der Waals surface area (Å²) in [6.45, 7) is 2.37. The zero-order chi connectivity index (χ0) is 14.8. The molecule has 1 heterocycles. The molecule has 5 heteroatoms. The third kappa shape index (κ3) is 3.52. The molecular weight excluding hydrogens is 291 g/mol. The molecule has 0 aliphatic heterocycles. The summed E-state index contributed by atoms with van der Waals surface area (Å²) in [7, 11) is 0. The first-order chi connectivity index (χ1) is 10.1. The molecule has 1 aromatic heterocycles. The van der Waals surface area contributed by atoms with Crippen LogP contribution in [0.1, 0.15) is 24.0 Å². The van der Waals surface area contributed by atoms with Gasteiger partial charge in [0.05, 0.1) is 0 Å². The quantitative estimate of drug-likeness (QED) is 0.897. The van der Waals surface area contributed by atoms with Gasteiger partial charge < -0.3 is 10.1 Å². The molecule has 110 valence electrons. The maximum atomic E-state index is 14.4. The molecule has 1 N–H and O–H groups in total. The molecule has 3 rings (SSSR count). The smallest absolute Gasteiger partial charge is 0.256 e. The van der Waals surface area contributed by atoms with Crippen molar-refractivity contribution in [3.05, 3.63) is 52.4 Å². The molecule has 1 saturated carbocycles. The van der Waals surface area contributed by atoms with E-state index in [1.54, 1.807) is 24.4 Å². The molecule has 21 heavy (non-hydrogen) atoms. The van der Waals surface area contributed by atoms with E-state index in [-0.39, 0.29) is 5.88 Å². The van der Waals surface area contributed by atoms with E-state index in [2.05, 4.69) is 10.3 Å². The number of pyridine rings is 1. The van der Waals surface area contributed by atoms with Gasteiger partial charge in [0.1, 0.15) is 5.75 Å². The van der Waals surface area contributed by atoms with Crippen LogP contribution in [0, 0.1) is 12.7 Å². The molecule has 1 aromatic carbocycles. The van der Waals surface area contributed by atoms with Crippen LogP contribution in [0.3, 0.4) is 0 Å². The third-order valence-electron chi connectivity index (χ3n) is 3.45. The molecule has 1 fully saturated rings. The largest absolute Gasteiger partial charge is 0.436 e. The van der Waals surface area contributed by atoms with Crippen molar-refractivity contribution < 1.29 is 9.13 Å². The lowest BCUT2D eigenvalue weighted by Gasteiger charge is -2.11. The maximum Gasteiger partial charge on any atom is 0.256 e. The Labute approximate surface area is 128 Å². The second-order valence-corrected chi connectivity index (χ2v) is 5.69. The van der Waals surface area contributed by atoms with Crippen molar-refractivity contribution >= 4 is 11.6 Å². The number of halogens is 2. The van der Waals surface area contributed by atoms with Gasteiger partial charge in [-0.3, -0.25) is 0 Å². The van der Waals surface area contributed by atoms with Crippen molar-refractivity contribution in [2.24, 2.45) is 0 Å². The minimum atomic E-state index is -0.426. The molecule has 0 radical (unpaired) electrons. The Bertz CT molecular complexity index is 659. The van der Waals surface area contributed by atoms with Crippen molar-refractivity contribution in [2.75, 3.05) is 0 Å². The van der Waals surface area contributed by atoms with Crippen LogP contribution in [0.15, 0.2) is 30.5 Å². The number of ether oxygens (including phenoxy) is 1. The van der Waals surface area contributed by atoms with Crippen molar-refractivity contribution in [3.8, 4) is 11.6 Å². The lowest BCUT2D eigenvalue weighted by Crippen LogP contribution is -2.16. The molecule has 3 nitrogen and oxygen atoms in total. The fourth-order valence-electron chi connectivity index (χ4n) is 2.00. The highest BCUT2D eigenvalue weighted by Crippen LogP contribution is 2.29. The second-order valence-electron chi connectivity index (χ2n) is 5.26. The van der Waals surface area contributed by atoms with E-state index in [0.717, 1.165) is 18.4 Å². The van der Waals surface area contributed by atoms with E-state index >= 15 is 0 Å². The Kier molecular flexibility index (Phi) is 4.08. The van der Waals surface area contributed by atoms with Gasteiger partial charge in [-0.2, -0.15) is 0 Å². The van der Waals surface area contributed by atoms with Gasteiger partial charge in [0.15, 0.2) is 5.82 Å². The lowest BCUT2D eigenvalue weighted by atomic mass is 10.2. The molecule has 0 atom stereocenters. The van der Waals surface area contributed by atoms with E-state index in [9.17, 15) is 4.39 Å². The van der Waals surface area contributed by atoms with Gasteiger partial charge in [-0.15, -0.1) is 0 Å². The van der Waals surface area contributed by atoms with Crippen LogP contribution in [0.25, 0.3) is 0 Å². The normalized spacial score (nSPS) is 14.2. The average Bonchev–Trinajstić information content (AvgIpc) is 3.28. The van der Waals surface area contributed by atoms with Gasteiger partial charge in [-0.1, -0.05) is 17.7 Å². The number of aryl methyl sites for hydroxylation is 1. The van der Waals surface area contributed by atoms with Crippen LogP contribution in [0.2, 0.25) is 5.02 Å².